The van der Waals surface area contributed by atoms with E-state index in [1.807, 2.05) is 18.2 Å². The number of rotatable bonds is 7. The van der Waals surface area contributed by atoms with Gasteiger partial charge in [0.2, 0.25) is 5.91 Å². The van der Waals surface area contributed by atoms with E-state index in [1.165, 1.54) is 26.9 Å². The summed E-state index contributed by atoms with van der Waals surface area (Å²) in [4.78, 5) is 15.8. The average Bonchev–Trinajstić information content (AvgIpc) is 3.22. The van der Waals surface area contributed by atoms with Gasteiger partial charge in [0.1, 0.15) is 10.7 Å². The first kappa shape index (κ1) is 18.1. The van der Waals surface area contributed by atoms with E-state index in [4.69, 9.17) is 10.7 Å². The lowest BCUT2D eigenvalue weighted by Crippen LogP contribution is -2.10. The third-order valence-corrected chi connectivity index (χ3v) is 6.73. The van der Waals surface area contributed by atoms with Crippen LogP contribution in [0.5, 0.6) is 0 Å². The van der Waals surface area contributed by atoms with Crippen molar-refractivity contribution >= 4 is 44.7 Å². The summed E-state index contributed by atoms with van der Waals surface area (Å²) < 4.78 is 3.51. The fraction of sp³-hybridized carbons (Fsp3) is 0.238. The van der Waals surface area contributed by atoms with E-state index in [0.29, 0.717) is 6.42 Å². The first-order valence-corrected chi connectivity index (χ1v) is 10.8. The summed E-state index contributed by atoms with van der Waals surface area (Å²) in [5, 5.41) is 4.67. The Bertz CT molecular complexity index is 1110. The van der Waals surface area contributed by atoms with Crippen LogP contribution in [0.25, 0.3) is 15.7 Å². The van der Waals surface area contributed by atoms with Crippen LogP contribution in [-0.2, 0) is 11.2 Å². The zero-order chi connectivity index (χ0) is 18.8. The van der Waals surface area contributed by atoms with Crippen LogP contribution in [0.15, 0.2) is 53.0 Å². The highest BCUT2D eigenvalue weighted by Gasteiger charge is 2.16. The van der Waals surface area contributed by atoms with Crippen molar-refractivity contribution in [2.24, 2.45) is 5.73 Å². The predicted molar refractivity (Wildman–Crippen MR) is 114 cm³/mol. The molecule has 0 fully saturated rings. The van der Waals surface area contributed by atoms with Gasteiger partial charge in [-0.1, -0.05) is 18.2 Å². The van der Waals surface area contributed by atoms with Crippen molar-refractivity contribution < 1.29 is 4.79 Å². The van der Waals surface area contributed by atoms with Gasteiger partial charge in [-0.15, -0.1) is 23.1 Å². The van der Waals surface area contributed by atoms with Crippen molar-refractivity contribution in [1.29, 1.82) is 0 Å². The van der Waals surface area contributed by atoms with Gasteiger partial charge >= 0.3 is 0 Å². The molecule has 0 unspecified atom stereocenters. The predicted octanol–water partition coefficient (Wildman–Crippen LogP) is 4.81. The number of carbonyl (C=O) groups excluding carboxylic acids is 1. The van der Waals surface area contributed by atoms with E-state index in [9.17, 15) is 4.79 Å². The average molecular weight is 396 g/mol. The van der Waals surface area contributed by atoms with Crippen LogP contribution in [0.1, 0.15) is 29.7 Å². The number of hydrogen-bond donors (Lipinski definition) is 1. The van der Waals surface area contributed by atoms with Crippen LogP contribution in [0, 0.1) is 6.92 Å². The number of aryl methyl sites for hydroxylation is 1. The number of primary amides is 1. The van der Waals surface area contributed by atoms with E-state index < -0.39 is 0 Å². The van der Waals surface area contributed by atoms with E-state index in [-0.39, 0.29) is 5.91 Å². The molecule has 3 heterocycles. The standard InChI is InChI=1S/C21H21N3OS2/c1-14-6-4-7-17-20(14)15(13-27-17)12-16-21(26-11-5-8-18(22)25)23-19-9-2-3-10-24(16)19/h2-4,6-7,9-10,13H,5,8,11-12H2,1H3,(H2,22,25). The van der Waals surface area contributed by atoms with Crippen molar-refractivity contribution in [1.82, 2.24) is 9.38 Å². The highest BCUT2D eigenvalue weighted by Crippen LogP contribution is 2.33. The molecule has 27 heavy (non-hydrogen) atoms. The Labute approximate surface area is 166 Å². The highest BCUT2D eigenvalue weighted by atomic mass is 32.2. The fourth-order valence-electron chi connectivity index (χ4n) is 3.37. The fourth-order valence-corrected chi connectivity index (χ4v) is 5.39. The molecule has 1 aromatic carbocycles. The van der Waals surface area contributed by atoms with E-state index >= 15 is 0 Å². The van der Waals surface area contributed by atoms with Crippen molar-refractivity contribution in [2.75, 3.05) is 5.75 Å². The normalized spacial score (nSPS) is 11.4. The van der Waals surface area contributed by atoms with Crippen molar-refractivity contribution in [3.63, 3.8) is 0 Å². The van der Waals surface area contributed by atoms with Crippen LogP contribution in [0.3, 0.4) is 0 Å². The zero-order valence-electron chi connectivity index (χ0n) is 15.1. The largest absolute Gasteiger partial charge is 0.370 e. The van der Waals surface area contributed by atoms with Crippen molar-refractivity contribution in [3.05, 3.63) is 64.8 Å². The zero-order valence-corrected chi connectivity index (χ0v) is 16.8. The van der Waals surface area contributed by atoms with E-state index in [2.05, 4.69) is 41.1 Å². The molecule has 0 saturated carbocycles. The molecule has 1 amide bonds. The molecule has 0 atom stereocenters. The molecule has 0 radical (unpaired) electrons. The molecule has 0 aliphatic rings. The molecule has 0 bridgehead atoms. The Morgan fingerprint density at radius 3 is 3.00 bits per heavy atom. The Kier molecular flexibility index (Phi) is 5.18. The minimum atomic E-state index is -0.244. The van der Waals surface area contributed by atoms with Gasteiger partial charge < -0.3 is 10.1 Å². The number of benzene rings is 1. The van der Waals surface area contributed by atoms with Gasteiger partial charge in [0.15, 0.2) is 0 Å². The number of thioether (sulfide) groups is 1. The maximum atomic E-state index is 11.0. The second-order valence-electron chi connectivity index (χ2n) is 6.60. The second kappa shape index (κ2) is 7.74. The topological polar surface area (TPSA) is 60.4 Å². The summed E-state index contributed by atoms with van der Waals surface area (Å²) in [6.45, 7) is 2.17. The molecule has 0 aliphatic carbocycles. The number of thiophene rings is 1. The summed E-state index contributed by atoms with van der Waals surface area (Å²) in [5.41, 5.74) is 10.1. The molecule has 0 saturated heterocycles. The first-order chi connectivity index (χ1) is 13.1. The molecule has 4 rings (SSSR count). The third kappa shape index (κ3) is 3.73. The minimum Gasteiger partial charge on any atom is -0.370 e. The van der Waals surface area contributed by atoms with Crippen LogP contribution in [-0.4, -0.2) is 21.0 Å². The van der Waals surface area contributed by atoms with Crippen LogP contribution in [0.2, 0.25) is 0 Å². The number of nitrogens with two attached hydrogens (primary N) is 1. The van der Waals surface area contributed by atoms with E-state index in [0.717, 1.165) is 29.3 Å². The number of hydrogen-bond acceptors (Lipinski definition) is 4. The SMILES string of the molecule is Cc1cccc2scc(Cc3c(SCCCC(N)=O)nc4ccccn34)c12. The highest BCUT2D eigenvalue weighted by molar-refractivity contribution is 7.99. The first-order valence-electron chi connectivity index (χ1n) is 8.96. The number of fused-ring (bicyclic) bond motifs is 2. The molecule has 6 heteroatoms. The molecular weight excluding hydrogens is 374 g/mol. The third-order valence-electron chi connectivity index (χ3n) is 4.64. The molecule has 4 aromatic rings. The van der Waals surface area contributed by atoms with Crippen molar-refractivity contribution in [2.45, 2.75) is 31.2 Å². The molecular formula is C21H21N3OS2. The number of carbonyl (C=O) groups is 1. The molecule has 2 N–H and O–H groups in total. The van der Waals surface area contributed by atoms with Crippen LogP contribution < -0.4 is 5.73 Å². The molecule has 0 spiro atoms. The van der Waals surface area contributed by atoms with Gasteiger partial charge in [-0.25, -0.2) is 4.98 Å². The monoisotopic (exact) mass is 395 g/mol. The van der Waals surface area contributed by atoms with E-state index in [1.54, 1.807) is 23.1 Å². The molecule has 3 aromatic heterocycles. The van der Waals surface area contributed by atoms with Crippen LogP contribution in [0.4, 0.5) is 0 Å². The number of nitrogens with zero attached hydrogens (tertiary/aromatic N) is 2. The Morgan fingerprint density at radius 1 is 1.26 bits per heavy atom. The molecule has 138 valence electrons. The number of imidazole rings is 1. The number of pyridine rings is 1. The van der Waals surface area contributed by atoms with Gasteiger partial charge in [-0.3, -0.25) is 4.79 Å². The lowest BCUT2D eigenvalue weighted by Gasteiger charge is -2.06. The number of aromatic nitrogens is 2. The summed E-state index contributed by atoms with van der Waals surface area (Å²) >= 11 is 3.51. The smallest absolute Gasteiger partial charge is 0.217 e. The maximum Gasteiger partial charge on any atom is 0.217 e. The lowest BCUT2D eigenvalue weighted by molar-refractivity contribution is -0.118. The van der Waals surface area contributed by atoms with Crippen molar-refractivity contribution in [3.8, 4) is 0 Å². The Morgan fingerprint density at radius 2 is 2.15 bits per heavy atom. The summed E-state index contributed by atoms with van der Waals surface area (Å²) in [6, 6.07) is 12.6. The summed E-state index contributed by atoms with van der Waals surface area (Å²) in [5.74, 6) is 0.592. The van der Waals surface area contributed by atoms with Gasteiger partial charge in [0.25, 0.3) is 0 Å². The van der Waals surface area contributed by atoms with Gasteiger partial charge in [0.05, 0.1) is 5.69 Å². The maximum absolute atomic E-state index is 11.0. The molecule has 0 aliphatic heterocycles. The lowest BCUT2D eigenvalue weighted by atomic mass is 10.0. The summed E-state index contributed by atoms with van der Waals surface area (Å²) in [6.07, 6.45) is 4.11. The van der Waals surface area contributed by atoms with Gasteiger partial charge in [-0.05, 0) is 53.4 Å². The minimum absolute atomic E-state index is 0.244. The van der Waals surface area contributed by atoms with Crippen LogP contribution >= 0.6 is 23.1 Å². The molecule has 4 nitrogen and oxygen atoms in total. The van der Waals surface area contributed by atoms with Gasteiger partial charge in [0, 0.05) is 29.5 Å². The Hall–Kier alpha value is -2.31. The summed E-state index contributed by atoms with van der Waals surface area (Å²) in [7, 11) is 0. The number of amides is 1. The Balaban J connectivity index is 1.69. The second-order valence-corrected chi connectivity index (χ2v) is 8.59. The quantitative estimate of drug-likeness (QED) is 0.361. The van der Waals surface area contributed by atoms with Gasteiger partial charge in [-0.2, -0.15) is 0 Å².